The summed E-state index contributed by atoms with van der Waals surface area (Å²) in [4.78, 5) is 37.0. The van der Waals surface area contributed by atoms with Gasteiger partial charge in [-0.25, -0.2) is 9.18 Å². The van der Waals surface area contributed by atoms with Gasteiger partial charge in [-0.05, 0) is 12.5 Å². The first-order chi connectivity index (χ1) is 11.5. The summed E-state index contributed by atoms with van der Waals surface area (Å²) in [7, 11) is 0. The maximum atomic E-state index is 14.0. The molecular weight excluding hydrogens is 333 g/mol. The van der Waals surface area contributed by atoms with Gasteiger partial charge in [0.2, 0.25) is 11.8 Å². The van der Waals surface area contributed by atoms with Gasteiger partial charge in [0, 0.05) is 29.7 Å². The maximum absolute atomic E-state index is 14.0. The minimum atomic E-state index is -0.818. The van der Waals surface area contributed by atoms with Crippen molar-refractivity contribution in [2.45, 2.75) is 24.1 Å². The lowest BCUT2D eigenvalue weighted by Gasteiger charge is -2.28. The van der Waals surface area contributed by atoms with Crippen molar-refractivity contribution in [3.8, 4) is 0 Å². The molecular formula is C16H18FN3O3S. The molecule has 128 valence electrons. The molecule has 3 rings (SSSR count). The number of nitrogens with one attached hydrogen (secondary N) is 2. The van der Waals surface area contributed by atoms with E-state index in [0.29, 0.717) is 30.8 Å². The van der Waals surface area contributed by atoms with Crippen molar-refractivity contribution in [3.63, 3.8) is 0 Å². The molecule has 2 saturated heterocycles. The van der Waals surface area contributed by atoms with Gasteiger partial charge in [0.15, 0.2) is 0 Å². The number of halogens is 1. The van der Waals surface area contributed by atoms with E-state index < -0.39 is 18.0 Å². The van der Waals surface area contributed by atoms with Crippen LogP contribution >= 0.6 is 11.8 Å². The number of carbonyl (C=O) groups excluding carboxylic acids is 3. The minimum Gasteiger partial charge on any atom is -0.340 e. The summed E-state index contributed by atoms with van der Waals surface area (Å²) in [6.07, 6.45) is 0.579. The average molecular weight is 351 g/mol. The van der Waals surface area contributed by atoms with Crippen molar-refractivity contribution in [2.24, 2.45) is 0 Å². The Kier molecular flexibility index (Phi) is 5.03. The minimum absolute atomic E-state index is 0.00625. The zero-order chi connectivity index (χ0) is 17.1. The van der Waals surface area contributed by atoms with Gasteiger partial charge in [-0.1, -0.05) is 18.2 Å². The summed E-state index contributed by atoms with van der Waals surface area (Å²) >= 11 is 1.62. The van der Waals surface area contributed by atoms with Crippen molar-refractivity contribution in [3.05, 3.63) is 35.6 Å². The van der Waals surface area contributed by atoms with Crippen LogP contribution in [0.3, 0.4) is 0 Å². The van der Waals surface area contributed by atoms with Crippen LogP contribution in [-0.2, 0) is 9.59 Å². The van der Waals surface area contributed by atoms with E-state index in [-0.39, 0.29) is 23.4 Å². The third-order valence-corrected chi connectivity index (χ3v) is 5.46. The molecule has 24 heavy (non-hydrogen) atoms. The summed E-state index contributed by atoms with van der Waals surface area (Å²) in [5.41, 5.74) is 0.655. The van der Waals surface area contributed by atoms with Crippen LogP contribution in [0.15, 0.2) is 24.3 Å². The van der Waals surface area contributed by atoms with Gasteiger partial charge in [0.05, 0.1) is 6.42 Å². The standard InChI is InChI=1S/C16H18FN3O3S/c17-11-4-2-1-3-10(11)13-5-6-20(7-8-24-13)15(22)12-9-14(21)19-16(23)18-12/h1-4,12-13H,5-9H2,(H2,18,19,21,23). The molecule has 1 aromatic rings. The first-order valence-electron chi connectivity index (χ1n) is 7.80. The number of nitrogens with zero attached hydrogens (tertiary/aromatic N) is 1. The molecule has 2 heterocycles. The van der Waals surface area contributed by atoms with E-state index in [0.717, 1.165) is 0 Å². The highest BCUT2D eigenvalue weighted by Gasteiger charge is 2.33. The van der Waals surface area contributed by atoms with Crippen LogP contribution in [0.5, 0.6) is 0 Å². The fourth-order valence-corrected chi connectivity index (χ4v) is 4.21. The molecule has 0 radical (unpaired) electrons. The fraction of sp³-hybridized carbons (Fsp3) is 0.438. The third-order valence-electron chi connectivity index (χ3n) is 4.15. The van der Waals surface area contributed by atoms with Crippen LogP contribution in [0, 0.1) is 5.82 Å². The molecule has 2 aliphatic rings. The first kappa shape index (κ1) is 16.8. The van der Waals surface area contributed by atoms with Gasteiger partial charge < -0.3 is 10.2 Å². The fourth-order valence-electron chi connectivity index (χ4n) is 2.95. The number of benzene rings is 1. The Labute approximate surface area is 143 Å². The van der Waals surface area contributed by atoms with Gasteiger partial charge in [-0.3, -0.25) is 14.9 Å². The SMILES string of the molecule is O=C1CC(C(=O)N2CCSC(c3ccccc3F)CC2)NC(=O)N1. The van der Waals surface area contributed by atoms with Gasteiger partial charge in [-0.2, -0.15) is 11.8 Å². The molecule has 0 aliphatic carbocycles. The first-order valence-corrected chi connectivity index (χ1v) is 8.84. The lowest BCUT2D eigenvalue weighted by molar-refractivity contribution is -0.136. The van der Waals surface area contributed by atoms with E-state index in [1.807, 2.05) is 6.07 Å². The van der Waals surface area contributed by atoms with Crippen molar-refractivity contribution in [1.29, 1.82) is 0 Å². The summed E-state index contributed by atoms with van der Waals surface area (Å²) in [5, 5.41) is 4.59. The van der Waals surface area contributed by atoms with E-state index in [1.165, 1.54) is 6.07 Å². The normalized spacial score (nSPS) is 24.8. The van der Waals surface area contributed by atoms with Gasteiger partial charge in [-0.15, -0.1) is 0 Å². The van der Waals surface area contributed by atoms with Crippen LogP contribution in [0.2, 0.25) is 0 Å². The molecule has 1 aromatic carbocycles. The molecule has 2 aliphatic heterocycles. The van der Waals surface area contributed by atoms with E-state index in [9.17, 15) is 18.8 Å². The van der Waals surface area contributed by atoms with E-state index in [4.69, 9.17) is 0 Å². The second kappa shape index (κ2) is 7.21. The van der Waals surface area contributed by atoms with E-state index in [1.54, 1.807) is 28.8 Å². The highest BCUT2D eigenvalue weighted by Crippen LogP contribution is 2.35. The lowest BCUT2D eigenvalue weighted by atomic mass is 10.1. The molecule has 2 unspecified atom stereocenters. The summed E-state index contributed by atoms with van der Waals surface area (Å²) < 4.78 is 14.0. The highest BCUT2D eigenvalue weighted by atomic mass is 32.2. The number of imide groups is 1. The maximum Gasteiger partial charge on any atom is 0.322 e. The summed E-state index contributed by atoms with van der Waals surface area (Å²) in [6, 6.07) is 5.23. The van der Waals surface area contributed by atoms with Gasteiger partial charge in [0.1, 0.15) is 11.9 Å². The van der Waals surface area contributed by atoms with Crippen molar-refractivity contribution in [1.82, 2.24) is 15.5 Å². The van der Waals surface area contributed by atoms with Crippen LogP contribution in [0.1, 0.15) is 23.7 Å². The quantitative estimate of drug-likeness (QED) is 0.845. The predicted molar refractivity (Wildman–Crippen MR) is 87.9 cm³/mol. The average Bonchev–Trinajstić information content (AvgIpc) is 2.79. The molecule has 0 saturated carbocycles. The molecule has 8 heteroatoms. The largest absolute Gasteiger partial charge is 0.340 e. The van der Waals surface area contributed by atoms with Crippen LogP contribution in [-0.4, -0.2) is 47.6 Å². The molecule has 0 aromatic heterocycles. The molecule has 0 spiro atoms. The molecule has 2 atom stereocenters. The topological polar surface area (TPSA) is 78.5 Å². The lowest BCUT2D eigenvalue weighted by Crippen LogP contribution is -2.58. The monoisotopic (exact) mass is 351 g/mol. The second-order valence-electron chi connectivity index (χ2n) is 5.77. The second-order valence-corrected chi connectivity index (χ2v) is 7.08. The summed E-state index contributed by atoms with van der Waals surface area (Å²) in [5.74, 6) is -0.262. The van der Waals surface area contributed by atoms with Crippen LogP contribution in [0.25, 0.3) is 0 Å². The van der Waals surface area contributed by atoms with Crippen molar-refractivity contribution >= 4 is 29.6 Å². The van der Waals surface area contributed by atoms with Crippen molar-refractivity contribution in [2.75, 3.05) is 18.8 Å². The van der Waals surface area contributed by atoms with Gasteiger partial charge in [0.25, 0.3) is 0 Å². The number of thioether (sulfide) groups is 1. The van der Waals surface area contributed by atoms with Crippen LogP contribution < -0.4 is 10.6 Å². The zero-order valence-corrected chi connectivity index (χ0v) is 13.8. The third kappa shape index (κ3) is 3.69. The number of amides is 4. The number of rotatable bonds is 2. The van der Waals surface area contributed by atoms with E-state index in [2.05, 4.69) is 10.6 Å². The number of hydrogen-bond donors (Lipinski definition) is 2. The Morgan fingerprint density at radius 2 is 2.04 bits per heavy atom. The Morgan fingerprint density at radius 1 is 1.25 bits per heavy atom. The highest BCUT2D eigenvalue weighted by molar-refractivity contribution is 7.99. The Morgan fingerprint density at radius 3 is 2.79 bits per heavy atom. The predicted octanol–water partition coefficient (Wildman–Crippen LogP) is 1.43. The molecule has 2 N–H and O–H groups in total. The Hall–Kier alpha value is -2.09. The molecule has 6 nitrogen and oxygen atoms in total. The van der Waals surface area contributed by atoms with E-state index >= 15 is 0 Å². The number of urea groups is 1. The smallest absolute Gasteiger partial charge is 0.322 e. The molecule has 4 amide bonds. The summed E-state index contributed by atoms with van der Waals surface area (Å²) in [6.45, 7) is 0.987. The number of carbonyl (C=O) groups is 3. The zero-order valence-electron chi connectivity index (χ0n) is 13.0. The number of hydrogen-bond acceptors (Lipinski definition) is 4. The Bertz CT molecular complexity index is 654. The molecule has 0 bridgehead atoms. The van der Waals surface area contributed by atoms with Gasteiger partial charge >= 0.3 is 6.03 Å². The van der Waals surface area contributed by atoms with Crippen LogP contribution in [0.4, 0.5) is 9.18 Å². The Balaban J connectivity index is 1.65. The van der Waals surface area contributed by atoms with Crippen molar-refractivity contribution < 1.29 is 18.8 Å². The molecule has 2 fully saturated rings.